The van der Waals surface area contributed by atoms with Gasteiger partial charge in [-0.1, -0.05) is 12.1 Å². The Morgan fingerprint density at radius 1 is 1.38 bits per heavy atom. The number of aryl methyl sites for hydroxylation is 1. The number of rotatable bonds is 3. The molecule has 126 valence electrons. The number of fused-ring (bicyclic) bond motifs is 3. The summed E-state index contributed by atoms with van der Waals surface area (Å²) in [6, 6.07) is 7.81. The number of aromatic nitrogens is 3. The van der Waals surface area contributed by atoms with Crippen LogP contribution in [0.15, 0.2) is 29.1 Å². The average molecular weight is 328 g/mol. The predicted molar refractivity (Wildman–Crippen MR) is 86.9 cm³/mol. The lowest BCUT2D eigenvalue weighted by molar-refractivity contribution is -0.136. The first-order chi connectivity index (χ1) is 11.6. The van der Waals surface area contributed by atoms with Crippen molar-refractivity contribution in [1.82, 2.24) is 19.7 Å². The van der Waals surface area contributed by atoms with Crippen LogP contribution in [0.3, 0.4) is 0 Å². The molecule has 2 atom stereocenters. The Labute approximate surface area is 139 Å². The van der Waals surface area contributed by atoms with Gasteiger partial charge in [0.25, 0.3) is 5.91 Å². The van der Waals surface area contributed by atoms with E-state index in [2.05, 4.69) is 10.2 Å². The molecule has 1 fully saturated rings. The molecule has 1 aromatic carbocycles. The van der Waals surface area contributed by atoms with E-state index < -0.39 is 0 Å². The van der Waals surface area contributed by atoms with Crippen LogP contribution in [-0.2, 0) is 17.8 Å². The highest BCUT2D eigenvalue weighted by atomic mass is 16.5. The van der Waals surface area contributed by atoms with Gasteiger partial charge in [0.05, 0.1) is 6.04 Å². The highest BCUT2D eigenvalue weighted by molar-refractivity contribution is 5.79. The number of hydrogen-bond acceptors (Lipinski definition) is 4. The van der Waals surface area contributed by atoms with Crippen LogP contribution in [0, 0.1) is 6.92 Å². The van der Waals surface area contributed by atoms with Gasteiger partial charge in [-0.2, -0.15) is 5.10 Å². The molecule has 3 heterocycles. The molecule has 1 aromatic heterocycles. The van der Waals surface area contributed by atoms with Gasteiger partial charge in [0.15, 0.2) is 6.61 Å². The number of benzene rings is 1. The Morgan fingerprint density at radius 3 is 3.04 bits per heavy atom. The number of aromatic amines is 1. The molecule has 0 aliphatic carbocycles. The maximum atomic E-state index is 12.7. The number of hydrogen-bond donors (Lipinski definition) is 1. The van der Waals surface area contributed by atoms with E-state index in [1.807, 2.05) is 36.1 Å². The third kappa shape index (κ3) is 2.60. The van der Waals surface area contributed by atoms with E-state index in [4.69, 9.17) is 4.74 Å². The molecule has 0 radical (unpaired) electrons. The van der Waals surface area contributed by atoms with E-state index in [0.29, 0.717) is 18.7 Å². The molecule has 2 bridgehead atoms. The standard InChI is InChI=1S/C17H20N4O3/c1-11-3-2-4-14(7-11)24-10-16(22)21-12-5-6-13(21)9-20-15(8-12)18-19-17(20)23/h2-4,7,12-13H,5-6,8-10H2,1H3,(H,19,23)/t12-,13+/m0/s1. The van der Waals surface area contributed by atoms with Gasteiger partial charge >= 0.3 is 5.69 Å². The molecule has 2 aromatic rings. The molecule has 2 aliphatic heterocycles. The van der Waals surface area contributed by atoms with E-state index in [1.54, 1.807) is 4.57 Å². The molecule has 7 nitrogen and oxygen atoms in total. The Bertz CT molecular complexity index is 825. The van der Waals surface area contributed by atoms with Gasteiger partial charge in [0.1, 0.15) is 11.6 Å². The van der Waals surface area contributed by atoms with Crippen LogP contribution in [0.25, 0.3) is 0 Å². The van der Waals surface area contributed by atoms with Crippen molar-refractivity contribution in [2.24, 2.45) is 0 Å². The minimum Gasteiger partial charge on any atom is -0.484 e. The van der Waals surface area contributed by atoms with E-state index in [-0.39, 0.29) is 30.3 Å². The molecule has 24 heavy (non-hydrogen) atoms. The molecular formula is C17H20N4O3. The zero-order chi connectivity index (χ0) is 16.7. The molecule has 1 N–H and O–H groups in total. The van der Waals surface area contributed by atoms with Gasteiger partial charge in [-0.15, -0.1) is 0 Å². The fraction of sp³-hybridized carbons (Fsp3) is 0.471. The smallest absolute Gasteiger partial charge is 0.343 e. The molecule has 1 amide bonds. The number of ether oxygens (including phenoxy) is 1. The molecule has 0 unspecified atom stereocenters. The summed E-state index contributed by atoms with van der Waals surface area (Å²) >= 11 is 0. The minimum absolute atomic E-state index is 0.0220. The normalized spacial score (nSPS) is 22.1. The van der Waals surface area contributed by atoms with Crippen LogP contribution in [0.4, 0.5) is 0 Å². The SMILES string of the molecule is Cc1cccc(OCC(=O)N2[C@@H]3CC[C@H]2Cc2n[nH]c(=O)n2C3)c1. The molecule has 0 spiro atoms. The molecular weight excluding hydrogens is 308 g/mol. The molecule has 2 aliphatic rings. The number of carbonyl (C=O) groups excluding carboxylic acids is 1. The first kappa shape index (κ1) is 15.0. The summed E-state index contributed by atoms with van der Waals surface area (Å²) in [6.45, 7) is 2.52. The fourth-order valence-corrected chi connectivity index (χ4v) is 3.79. The second-order valence-electron chi connectivity index (χ2n) is 6.55. The largest absolute Gasteiger partial charge is 0.484 e. The van der Waals surface area contributed by atoms with Crippen molar-refractivity contribution in [3.8, 4) is 5.75 Å². The van der Waals surface area contributed by atoms with Crippen LogP contribution in [-0.4, -0.2) is 44.3 Å². The van der Waals surface area contributed by atoms with Gasteiger partial charge in [-0.25, -0.2) is 9.89 Å². The monoisotopic (exact) mass is 328 g/mol. The van der Waals surface area contributed by atoms with Gasteiger partial charge in [0.2, 0.25) is 0 Å². The van der Waals surface area contributed by atoms with Crippen LogP contribution in [0.2, 0.25) is 0 Å². The molecule has 7 heteroatoms. The zero-order valence-corrected chi connectivity index (χ0v) is 13.6. The summed E-state index contributed by atoms with van der Waals surface area (Å²) < 4.78 is 7.33. The van der Waals surface area contributed by atoms with Crippen LogP contribution in [0.5, 0.6) is 5.75 Å². The van der Waals surface area contributed by atoms with E-state index in [0.717, 1.165) is 24.2 Å². The highest BCUT2D eigenvalue weighted by Crippen LogP contribution is 2.30. The van der Waals surface area contributed by atoms with Crippen LogP contribution < -0.4 is 10.4 Å². The molecule has 1 saturated heterocycles. The number of carbonyl (C=O) groups is 1. The second-order valence-corrected chi connectivity index (χ2v) is 6.55. The second kappa shape index (κ2) is 5.81. The zero-order valence-electron chi connectivity index (χ0n) is 13.6. The van der Waals surface area contributed by atoms with E-state index in [9.17, 15) is 9.59 Å². The number of nitrogens with one attached hydrogen (secondary N) is 1. The maximum absolute atomic E-state index is 12.7. The first-order valence-electron chi connectivity index (χ1n) is 8.26. The van der Waals surface area contributed by atoms with Crippen molar-refractivity contribution in [2.75, 3.05) is 6.61 Å². The number of H-pyrrole nitrogens is 1. The lowest BCUT2D eigenvalue weighted by atomic mass is 10.1. The number of amides is 1. The summed E-state index contributed by atoms with van der Waals surface area (Å²) in [5, 5.41) is 6.59. The maximum Gasteiger partial charge on any atom is 0.343 e. The van der Waals surface area contributed by atoms with Crippen molar-refractivity contribution in [1.29, 1.82) is 0 Å². The summed E-state index contributed by atoms with van der Waals surface area (Å²) in [5.74, 6) is 1.42. The molecule has 4 rings (SSSR count). The third-order valence-corrected chi connectivity index (χ3v) is 4.91. The van der Waals surface area contributed by atoms with E-state index >= 15 is 0 Å². The third-order valence-electron chi connectivity index (χ3n) is 4.91. The Hall–Kier alpha value is -2.57. The summed E-state index contributed by atoms with van der Waals surface area (Å²) in [6.07, 6.45) is 2.48. The Balaban J connectivity index is 1.48. The topological polar surface area (TPSA) is 80.2 Å². The Morgan fingerprint density at radius 2 is 2.21 bits per heavy atom. The summed E-state index contributed by atoms with van der Waals surface area (Å²) in [4.78, 5) is 26.4. The van der Waals surface area contributed by atoms with Crippen molar-refractivity contribution in [3.05, 3.63) is 46.1 Å². The van der Waals surface area contributed by atoms with Crippen molar-refractivity contribution in [2.45, 2.75) is 44.8 Å². The van der Waals surface area contributed by atoms with Gasteiger partial charge in [-0.05, 0) is 37.5 Å². The van der Waals surface area contributed by atoms with Crippen molar-refractivity contribution >= 4 is 5.91 Å². The van der Waals surface area contributed by atoms with Crippen molar-refractivity contribution < 1.29 is 9.53 Å². The quantitative estimate of drug-likeness (QED) is 0.907. The van der Waals surface area contributed by atoms with Gasteiger partial charge in [0, 0.05) is 19.0 Å². The predicted octanol–water partition coefficient (Wildman–Crippen LogP) is 0.875. The Kier molecular flexibility index (Phi) is 3.63. The lowest BCUT2D eigenvalue weighted by Crippen LogP contribution is -2.44. The van der Waals surface area contributed by atoms with Crippen LogP contribution in [0.1, 0.15) is 24.2 Å². The minimum atomic E-state index is -0.194. The fourth-order valence-electron chi connectivity index (χ4n) is 3.79. The summed E-state index contributed by atoms with van der Waals surface area (Å²) in [7, 11) is 0. The highest BCUT2D eigenvalue weighted by Gasteiger charge is 2.40. The molecule has 0 saturated carbocycles. The van der Waals surface area contributed by atoms with E-state index in [1.165, 1.54) is 0 Å². The van der Waals surface area contributed by atoms with Gasteiger partial charge in [-0.3, -0.25) is 9.36 Å². The number of nitrogens with zero attached hydrogens (tertiary/aromatic N) is 3. The first-order valence-corrected chi connectivity index (χ1v) is 8.26. The average Bonchev–Trinajstić information content (AvgIpc) is 3.04. The lowest BCUT2D eigenvalue weighted by Gasteiger charge is -2.27. The van der Waals surface area contributed by atoms with Gasteiger partial charge < -0.3 is 9.64 Å². The van der Waals surface area contributed by atoms with Crippen molar-refractivity contribution in [3.63, 3.8) is 0 Å². The van der Waals surface area contributed by atoms with Crippen LogP contribution >= 0.6 is 0 Å². The summed E-state index contributed by atoms with van der Waals surface area (Å²) in [5.41, 5.74) is 0.903.